The second-order valence-electron chi connectivity index (χ2n) is 5.89. The Labute approximate surface area is 155 Å². The Balaban J connectivity index is 1.67. The van der Waals surface area contributed by atoms with E-state index < -0.39 is 7.60 Å². The molecule has 0 aliphatic carbocycles. The Hall–Kier alpha value is -2.93. The van der Waals surface area contributed by atoms with Crippen LogP contribution < -0.4 is 5.32 Å². The van der Waals surface area contributed by atoms with Gasteiger partial charge >= 0.3 is 7.60 Å². The van der Waals surface area contributed by atoms with E-state index >= 15 is 0 Å². The SMILES string of the molecule is Cn1ncc(/C=C/C(=O)Nc2ccc(CP(=O)(O)O)cc2)c1-c1ccco1. The van der Waals surface area contributed by atoms with Crippen LogP contribution in [0.4, 0.5) is 5.69 Å². The molecule has 0 bridgehead atoms. The molecule has 9 heteroatoms. The minimum absolute atomic E-state index is 0.336. The van der Waals surface area contributed by atoms with Gasteiger partial charge in [-0.05, 0) is 35.9 Å². The summed E-state index contributed by atoms with van der Waals surface area (Å²) in [4.78, 5) is 30.1. The molecule has 8 nitrogen and oxygen atoms in total. The summed E-state index contributed by atoms with van der Waals surface area (Å²) < 4.78 is 18.1. The summed E-state index contributed by atoms with van der Waals surface area (Å²) in [6, 6.07) is 9.90. The normalized spacial score (nSPS) is 11.8. The van der Waals surface area contributed by atoms with Crippen LogP contribution in [0.2, 0.25) is 0 Å². The number of benzene rings is 1. The van der Waals surface area contributed by atoms with Crippen LogP contribution in [0, 0.1) is 0 Å². The highest BCUT2D eigenvalue weighted by atomic mass is 31.2. The number of hydrogen-bond acceptors (Lipinski definition) is 4. The Morgan fingerprint density at radius 3 is 2.67 bits per heavy atom. The van der Waals surface area contributed by atoms with Crippen molar-refractivity contribution < 1.29 is 23.6 Å². The lowest BCUT2D eigenvalue weighted by Crippen LogP contribution is -2.07. The van der Waals surface area contributed by atoms with Gasteiger partial charge in [-0.15, -0.1) is 0 Å². The lowest BCUT2D eigenvalue weighted by molar-refractivity contribution is -0.111. The van der Waals surface area contributed by atoms with Gasteiger partial charge in [0.1, 0.15) is 5.69 Å². The number of aryl methyl sites for hydroxylation is 1. The summed E-state index contributed by atoms with van der Waals surface area (Å²) in [5.74, 6) is 0.308. The van der Waals surface area contributed by atoms with Crippen LogP contribution in [0.5, 0.6) is 0 Å². The van der Waals surface area contributed by atoms with E-state index in [1.54, 1.807) is 60.6 Å². The van der Waals surface area contributed by atoms with Crippen LogP contribution in [0.15, 0.2) is 59.4 Å². The smallest absolute Gasteiger partial charge is 0.329 e. The first-order chi connectivity index (χ1) is 12.8. The Morgan fingerprint density at radius 2 is 2.04 bits per heavy atom. The standard InChI is InChI=1S/C18H18N3O5P/c1-21-18(16-3-2-10-26-16)14(11-19-21)6-9-17(22)20-15-7-4-13(5-8-15)12-27(23,24)25/h2-11H,12H2,1H3,(H,20,22)(H2,23,24,25)/b9-6+. The number of nitrogens with zero attached hydrogens (tertiary/aromatic N) is 2. The van der Waals surface area contributed by atoms with Crippen molar-refractivity contribution in [3.05, 3.63) is 66.1 Å². The van der Waals surface area contributed by atoms with Crippen LogP contribution in [0.1, 0.15) is 11.1 Å². The van der Waals surface area contributed by atoms with Gasteiger partial charge in [0, 0.05) is 24.4 Å². The average molecular weight is 387 g/mol. The van der Waals surface area contributed by atoms with E-state index in [1.165, 1.54) is 6.08 Å². The zero-order valence-electron chi connectivity index (χ0n) is 14.4. The number of rotatable bonds is 6. The van der Waals surface area contributed by atoms with Gasteiger partial charge in [-0.2, -0.15) is 5.10 Å². The molecular weight excluding hydrogens is 369 g/mol. The molecule has 0 aliphatic heterocycles. The fourth-order valence-corrected chi connectivity index (χ4v) is 3.26. The fourth-order valence-electron chi connectivity index (χ4n) is 2.57. The Kier molecular flexibility index (Phi) is 5.41. The minimum Gasteiger partial charge on any atom is -0.463 e. The van der Waals surface area contributed by atoms with Crippen molar-refractivity contribution in [2.24, 2.45) is 7.05 Å². The summed E-state index contributed by atoms with van der Waals surface area (Å²) >= 11 is 0. The molecule has 3 N–H and O–H groups in total. The second-order valence-corrected chi connectivity index (χ2v) is 7.54. The third kappa shape index (κ3) is 5.04. The maximum Gasteiger partial charge on any atom is 0.329 e. The number of aromatic nitrogens is 2. The van der Waals surface area contributed by atoms with Crippen LogP contribution in [0.3, 0.4) is 0 Å². The van der Waals surface area contributed by atoms with Crippen LogP contribution in [-0.4, -0.2) is 25.5 Å². The van der Waals surface area contributed by atoms with Crippen molar-refractivity contribution in [1.29, 1.82) is 0 Å². The number of hydrogen-bond donors (Lipinski definition) is 3. The molecule has 3 rings (SSSR count). The van der Waals surface area contributed by atoms with Gasteiger partial charge in [-0.3, -0.25) is 14.0 Å². The van der Waals surface area contributed by atoms with E-state index in [1.807, 2.05) is 6.07 Å². The maximum atomic E-state index is 12.1. The van der Waals surface area contributed by atoms with Gasteiger partial charge < -0.3 is 19.5 Å². The van der Waals surface area contributed by atoms with Gasteiger partial charge in [0.15, 0.2) is 5.76 Å². The number of carbonyl (C=O) groups is 1. The summed E-state index contributed by atoms with van der Waals surface area (Å²) in [7, 11) is -2.33. The van der Waals surface area contributed by atoms with Crippen molar-refractivity contribution in [1.82, 2.24) is 9.78 Å². The van der Waals surface area contributed by atoms with Gasteiger partial charge in [-0.25, -0.2) is 0 Å². The number of amides is 1. The zero-order valence-corrected chi connectivity index (χ0v) is 15.3. The molecule has 27 heavy (non-hydrogen) atoms. The van der Waals surface area contributed by atoms with Gasteiger partial charge in [-0.1, -0.05) is 12.1 Å². The van der Waals surface area contributed by atoms with Crippen molar-refractivity contribution in [3.63, 3.8) is 0 Å². The number of furan rings is 1. The van der Waals surface area contributed by atoms with Crippen molar-refractivity contribution >= 4 is 25.3 Å². The average Bonchev–Trinajstić information content (AvgIpc) is 3.23. The monoisotopic (exact) mass is 387 g/mol. The molecule has 0 atom stereocenters. The van der Waals surface area contributed by atoms with Crippen molar-refractivity contribution in [2.75, 3.05) is 5.32 Å². The van der Waals surface area contributed by atoms with Gasteiger partial charge in [0.2, 0.25) is 5.91 Å². The fraction of sp³-hybridized carbons (Fsp3) is 0.111. The first kappa shape index (κ1) is 18.8. The Bertz CT molecular complexity index is 1000. The molecule has 0 radical (unpaired) electrons. The largest absolute Gasteiger partial charge is 0.463 e. The molecule has 2 heterocycles. The molecule has 1 aromatic carbocycles. The predicted molar refractivity (Wildman–Crippen MR) is 101 cm³/mol. The van der Waals surface area contributed by atoms with Crippen LogP contribution in [0.25, 0.3) is 17.5 Å². The summed E-state index contributed by atoms with van der Waals surface area (Å²) in [6.45, 7) is 0. The van der Waals surface area contributed by atoms with Crippen molar-refractivity contribution in [3.8, 4) is 11.5 Å². The highest BCUT2D eigenvalue weighted by Gasteiger charge is 2.14. The summed E-state index contributed by atoms with van der Waals surface area (Å²) in [5.41, 5.74) is 2.51. The molecular formula is C18H18N3O5P. The summed E-state index contributed by atoms with van der Waals surface area (Å²) in [5, 5.41) is 6.88. The molecule has 140 valence electrons. The first-order valence-corrected chi connectivity index (χ1v) is 9.80. The van der Waals surface area contributed by atoms with Crippen LogP contribution in [-0.2, 0) is 22.6 Å². The molecule has 1 amide bonds. The topological polar surface area (TPSA) is 118 Å². The molecule has 0 saturated heterocycles. The minimum atomic E-state index is -4.11. The molecule has 0 spiro atoms. The maximum absolute atomic E-state index is 12.1. The van der Waals surface area contributed by atoms with E-state index in [0.717, 1.165) is 11.3 Å². The van der Waals surface area contributed by atoms with Crippen molar-refractivity contribution in [2.45, 2.75) is 6.16 Å². The van der Waals surface area contributed by atoms with Gasteiger partial charge in [0.05, 0.1) is 18.6 Å². The molecule has 0 saturated carbocycles. The zero-order chi connectivity index (χ0) is 19.4. The molecule has 0 fully saturated rings. The quantitative estimate of drug-likeness (QED) is 0.442. The van der Waals surface area contributed by atoms with E-state index in [2.05, 4.69) is 10.4 Å². The highest BCUT2D eigenvalue weighted by Crippen LogP contribution is 2.39. The van der Waals surface area contributed by atoms with E-state index in [-0.39, 0.29) is 12.1 Å². The molecule has 2 aromatic heterocycles. The van der Waals surface area contributed by atoms with Gasteiger partial charge in [0.25, 0.3) is 0 Å². The number of anilines is 1. The second kappa shape index (κ2) is 7.75. The predicted octanol–water partition coefficient (Wildman–Crippen LogP) is 3.01. The molecule has 0 unspecified atom stereocenters. The number of carbonyl (C=O) groups excluding carboxylic acids is 1. The molecule has 3 aromatic rings. The van der Waals surface area contributed by atoms with E-state index in [9.17, 15) is 9.36 Å². The third-order valence-corrected chi connectivity index (χ3v) is 4.52. The third-order valence-electron chi connectivity index (χ3n) is 3.75. The molecule has 0 aliphatic rings. The highest BCUT2D eigenvalue weighted by molar-refractivity contribution is 7.50. The lowest BCUT2D eigenvalue weighted by atomic mass is 10.2. The van der Waals surface area contributed by atoms with E-state index in [4.69, 9.17) is 14.2 Å². The van der Waals surface area contributed by atoms with E-state index in [0.29, 0.717) is 17.0 Å². The van der Waals surface area contributed by atoms with Crippen LogP contribution >= 0.6 is 7.60 Å². The first-order valence-electron chi connectivity index (χ1n) is 8.00. The lowest BCUT2D eigenvalue weighted by Gasteiger charge is -2.06. The summed E-state index contributed by atoms with van der Waals surface area (Å²) in [6.07, 6.45) is 5.89. The Morgan fingerprint density at radius 1 is 1.30 bits per heavy atom. The number of nitrogens with one attached hydrogen (secondary N) is 1.